The normalized spacial score (nSPS) is 10.8. The Morgan fingerprint density at radius 3 is 2.79 bits per heavy atom. The van der Waals surface area contributed by atoms with Crippen LogP contribution in [0.25, 0.3) is 0 Å². The van der Waals surface area contributed by atoms with Gasteiger partial charge in [-0.3, -0.25) is 4.68 Å². The van der Waals surface area contributed by atoms with E-state index in [1.165, 1.54) is 6.07 Å². The molecule has 1 aromatic heterocycles. The van der Waals surface area contributed by atoms with Crippen LogP contribution in [0.2, 0.25) is 0 Å². The fourth-order valence-electron chi connectivity index (χ4n) is 2.05. The molecule has 1 aromatic carbocycles. The lowest BCUT2D eigenvalue weighted by atomic mass is 10.2. The first-order valence-electron chi connectivity index (χ1n) is 7.02. The van der Waals surface area contributed by atoms with E-state index in [1.54, 1.807) is 41.9 Å². The summed E-state index contributed by atoms with van der Waals surface area (Å²) in [5.74, 6) is 0.0578. The van der Waals surface area contributed by atoms with Gasteiger partial charge < -0.3 is 15.0 Å². The largest absolute Gasteiger partial charge is 0.433 e. The van der Waals surface area contributed by atoms with Crippen LogP contribution in [0.1, 0.15) is 11.3 Å². The SMILES string of the molecule is Cc1ccc(NC(=S)N(C)Cc2c(Br)cnn2C)c(OC(F)F)c1. The zero-order valence-corrected chi connectivity index (χ0v) is 15.8. The second kappa shape index (κ2) is 7.89. The molecular weight excluding hydrogens is 402 g/mol. The summed E-state index contributed by atoms with van der Waals surface area (Å²) in [6, 6.07) is 4.99. The van der Waals surface area contributed by atoms with Crippen molar-refractivity contribution in [3.63, 3.8) is 0 Å². The summed E-state index contributed by atoms with van der Waals surface area (Å²) in [5, 5.41) is 7.47. The van der Waals surface area contributed by atoms with Gasteiger partial charge in [-0.1, -0.05) is 6.07 Å². The third-order valence-corrected chi connectivity index (χ3v) is 4.42. The van der Waals surface area contributed by atoms with Crippen LogP contribution in [0.3, 0.4) is 0 Å². The van der Waals surface area contributed by atoms with Crippen LogP contribution in [0.4, 0.5) is 14.5 Å². The molecule has 1 heterocycles. The van der Waals surface area contributed by atoms with Crippen molar-refractivity contribution in [2.45, 2.75) is 20.1 Å². The molecule has 0 radical (unpaired) electrons. The molecule has 1 N–H and O–H groups in total. The summed E-state index contributed by atoms with van der Waals surface area (Å²) in [6.07, 6.45) is 1.70. The highest BCUT2D eigenvalue weighted by Gasteiger charge is 2.15. The molecule has 0 unspecified atom stereocenters. The average Bonchev–Trinajstić information content (AvgIpc) is 2.81. The molecule has 5 nitrogen and oxygen atoms in total. The van der Waals surface area contributed by atoms with Gasteiger partial charge in [0.05, 0.1) is 28.6 Å². The molecule has 0 amide bonds. The number of halogens is 3. The smallest absolute Gasteiger partial charge is 0.387 e. The van der Waals surface area contributed by atoms with Crippen LogP contribution in [-0.4, -0.2) is 33.5 Å². The minimum atomic E-state index is -2.90. The quantitative estimate of drug-likeness (QED) is 0.745. The Morgan fingerprint density at radius 2 is 2.21 bits per heavy atom. The molecule has 0 fully saturated rings. The van der Waals surface area contributed by atoms with Crippen molar-refractivity contribution in [1.82, 2.24) is 14.7 Å². The van der Waals surface area contributed by atoms with Gasteiger partial charge >= 0.3 is 6.61 Å². The van der Waals surface area contributed by atoms with Crippen LogP contribution in [0.5, 0.6) is 5.75 Å². The molecule has 2 rings (SSSR count). The van der Waals surface area contributed by atoms with E-state index >= 15 is 0 Å². The second-order valence-electron chi connectivity index (χ2n) is 5.23. The van der Waals surface area contributed by atoms with E-state index in [0.717, 1.165) is 15.7 Å². The number of alkyl halides is 2. The molecular formula is C15H17BrF2N4OS. The third kappa shape index (κ3) is 4.64. The lowest BCUT2D eigenvalue weighted by Gasteiger charge is -2.22. The van der Waals surface area contributed by atoms with Gasteiger partial charge in [0.1, 0.15) is 5.75 Å². The number of anilines is 1. The number of rotatable bonds is 5. The van der Waals surface area contributed by atoms with Crippen LogP contribution in [-0.2, 0) is 13.6 Å². The molecule has 130 valence electrons. The summed E-state index contributed by atoms with van der Waals surface area (Å²) < 4.78 is 32.3. The van der Waals surface area contributed by atoms with Crippen molar-refractivity contribution in [2.75, 3.05) is 12.4 Å². The van der Waals surface area contributed by atoms with E-state index in [-0.39, 0.29) is 5.75 Å². The maximum atomic E-state index is 12.6. The predicted octanol–water partition coefficient (Wildman–Crippen LogP) is 3.92. The second-order valence-corrected chi connectivity index (χ2v) is 6.47. The van der Waals surface area contributed by atoms with Gasteiger partial charge in [-0.2, -0.15) is 13.9 Å². The Kier molecular flexibility index (Phi) is 6.11. The van der Waals surface area contributed by atoms with Gasteiger partial charge in [0.2, 0.25) is 0 Å². The topological polar surface area (TPSA) is 42.3 Å². The Balaban J connectivity index is 2.11. The van der Waals surface area contributed by atoms with Gasteiger partial charge in [-0.25, -0.2) is 0 Å². The molecule has 9 heteroatoms. The van der Waals surface area contributed by atoms with E-state index in [2.05, 4.69) is 31.1 Å². The number of benzene rings is 1. The molecule has 0 saturated heterocycles. The monoisotopic (exact) mass is 418 g/mol. The zero-order chi connectivity index (χ0) is 17.9. The first-order valence-corrected chi connectivity index (χ1v) is 8.22. The van der Waals surface area contributed by atoms with Crippen molar-refractivity contribution < 1.29 is 13.5 Å². The van der Waals surface area contributed by atoms with Crippen molar-refractivity contribution in [1.29, 1.82) is 0 Å². The van der Waals surface area contributed by atoms with Crippen LogP contribution in [0, 0.1) is 6.92 Å². The molecule has 0 saturated carbocycles. The lowest BCUT2D eigenvalue weighted by Crippen LogP contribution is -2.31. The molecule has 0 aliphatic heterocycles. The Labute approximate surface area is 152 Å². The molecule has 0 aliphatic carbocycles. The molecule has 24 heavy (non-hydrogen) atoms. The number of hydrogen-bond donors (Lipinski definition) is 1. The van der Waals surface area contributed by atoms with Crippen LogP contribution in [0.15, 0.2) is 28.9 Å². The van der Waals surface area contributed by atoms with Gasteiger partial charge in [0, 0.05) is 14.1 Å². The highest BCUT2D eigenvalue weighted by Crippen LogP contribution is 2.28. The minimum absolute atomic E-state index is 0.0578. The number of ether oxygens (including phenoxy) is 1. The van der Waals surface area contributed by atoms with Gasteiger partial charge in [-0.05, 0) is 52.8 Å². The van der Waals surface area contributed by atoms with Crippen LogP contribution < -0.4 is 10.1 Å². The first-order chi connectivity index (χ1) is 11.3. The molecule has 0 aliphatic rings. The standard InChI is InChI=1S/C15H17BrF2N4OS/c1-9-4-5-11(13(6-9)23-14(17)18)20-15(24)21(2)8-12-10(16)7-19-22(12)3/h4-7,14H,8H2,1-3H3,(H,20,24). The van der Waals surface area contributed by atoms with Crippen molar-refractivity contribution in [2.24, 2.45) is 7.05 Å². The lowest BCUT2D eigenvalue weighted by molar-refractivity contribution is -0.0493. The molecule has 0 bridgehead atoms. The predicted molar refractivity (Wildman–Crippen MR) is 96.4 cm³/mol. The third-order valence-electron chi connectivity index (χ3n) is 3.34. The van der Waals surface area contributed by atoms with E-state index in [0.29, 0.717) is 17.3 Å². The summed E-state index contributed by atoms with van der Waals surface area (Å²) in [7, 11) is 3.63. The van der Waals surface area contributed by atoms with Gasteiger partial charge in [-0.15, -0.1) is 0 Å². The first kappa shape index (κ1) is 18.6. The Bertz CT molecular complexity index is 719. The fourth-order valence-corrected chi connectivity index (χ4v) is 2.70. The molecule has 2 aromatic rings. The Hall–Kier alpha value is -1.74. The van der Waals surface area contributed by atoms with Crippen LogP contribution >= 0.6 is 28.1 Å². The fraction of sp³-hybridized carbons (Fsp3) is 0.333. The van der Waals surface area contributed by atoms with E-state index in [1.807, 2.05) is 7.05 Å². The number of nitrogens with zero attached hydrogens (tertiary/aromatic N) is 3. The summed E-state index contributed by atoms with van der Waals surface area (Å²) >= 11 is 8.78. The average molecular weight is 419 g/mol. The highest BCUT2D eigenvalue weighted by molar-refractivity contribution is 9.10. The van der Waals surface area contributed by atoms with E-state index in [4.69, 9.17) is 12.2 Å². The van der Waals surface area contributed by atoms with Crippen molar-refractivity contribution >= 4 is 38.9 Å². The summed E-state index contributed by atoms with van der Waals surface area (Å²) in [6.45, 7) is -0.601. The maximum absolute atomic E-state index is 12.6. The van der Waals surface area contributed by atoms with Crippen molar-refractivity contribution in [3.8, 4) is 5.75 Å². The molecule has 0 atom stereocenters. The van der Waals surface area contributed by atoms with E-state index in [9.17, 15) is 8.78 Å². The molecule has 0 spiro atoms. The summed E-state index contributed by atoms with van der Waals surface area (Å²) in [4.78, 5) is 1.78. The van der Waals surface area contributed by atoms with Gasteiger partial charge in [0.15, 0.2) is 5.11 Å². The number of aromatic nitrogens is 2. The number of thiocarbonyl (C=S) groups is 1. The number of aryl methyl sites for hydroxylation is 2. The van der Waals surface area contributed by atoms with E-state index < -0.39 is 6.61 Å². The van der Waals surface area contributed by atoms with Crippen molar-refractivity contribution in [3.05, 3.63) is 40.1 Å². The van der Waals surface area contributed by atoms with Gasteiger partial charge in [0.25, 0.3) is 0 Å². The summed E-state index contributed by atoms with van der Waals surface area (Å²) in [5.41, 5.74) is 2.14. The highest BCUT2D eigenvalue weighted by atomic mass is 79.9. The number of hydrogen-bond acceptors (Lipinski definition) is 3. The zero-order valence-electron chi connectivity index (χ0n) is 13.4. The minimum Gasteiger partial charge on any atom is -0.433 e. The number of nitrogens with one attached hydrogen (secondary N) is 1. The Morgan fingerprint density at radius 1 is 1.50 bits per heavy atom. The maximum Gasteiger partial charge on any atom is 0.387 e.